The lowest BCUT2D eigenvalue weighted by Crippen LogP contribution is -2.12. The molecule has 1 amide bonds. The second kappa shape index (κ2) is 4.66. The van der Waals surface area contributed by atoms with E-state index in [2.05, 4.69) is 9.97 Å². The third-order valence-corrected chi connectivity index (χ3v) is 2.12. The summed E-state index contributed by atoms with van der Waals surface area (Å²) in [5.74, 6) is -1.35. The topological polar surface area (TPSA) is 104 Å². The molecule has 0 spiro atoms. The minimum atomic E-state index is -0.847. The van der Waals surface area contributed by atoms with Crippen LogP contribution in [0.15, 0.2) is 30.7 Å². The van der Waals surface area contributed by atoms with Gasteiger partial charge in [-0.25, -0.2) is 9.37 Å². The summed E-state index contributed by atoms with van der Waals surface area (Å²) in [5.41, 5.74) is 10.6. The van der Waals surface area contributed by atoms with Gasteiger partial charge < -0.3 is 16.2 Å². The zero-order valence-electron chi connectivity index (χ0n) is 9.13. The highest BCUT2D eigenvalue weighted by Crippen LogP contribution is 2.25. The standard InChI is InChI=1S/C11H9FN4O2/c12-8-3-6(1-2-7(8)10(14)17)18-11-9(13)4-15-5-16-11/h1-5H,13H2,(H2,14,17). The van der Waals surface area contributed by atoms with E-state index in [-0.39, 0.29) is 22.9 Å². The molecule has 0 saturated heterocycles. The van der Waals surface area contributed by atoms with Crippen molar-refractivity contribution in [2.75, 3.05) is 5.73 Å². The lowest BCUT2D eigenvalue weighted by Gasteiger charge is -2.07. The summed E-state index contributed by atoms with van der Waals surface area (Å²) < 4.78 is 18.7. The Balaban J connectivity index is 2.29. The molecule has 18 heavy (non-hydrogen) atoms. The van der Waals surface area contributed by atoms with Crippen LogP contribution in [0, 0.1) is 5.82 Å². The number of ether oxygens (including phenoxy) is 1. The van der Waals surface area contributed by atoms with Crippen LogP contribution in [0.5, 0.6) is 11.6 Å². The molecule has 4 N–H and O–H groups in total. The zero-order chi connectivity index (χ0) is 13.1. The van der Waals surface area contributed by atoms with E-state index in [4.69, 9.17) is 16.2 Å². The zero-order valence-corrected chi connectivity index (χ0v) is 9.13. The summed E-state index contributed by atoms with van der Waals surface area (Å²) in [7, 11) is 0. The molecular weight excluding hydrogens is 239 g/mol. The van der Waals surface area contributed by atoms with Gasteiger partial charge in [0.1, 0.15) is 23.6 Å². The maximum atomic E-state index is 13.5. The SMILES string of the molecule is NC(=O)c1ccc(Oc2ncncc2N)cc1F. The minimum Gasteiger partial charge on any atom is -0.437 e. The van der Waals surface area contributed by atoms with E-state index in [1.54, 1.807) is 0 Å². The average Bonchev–Trinajstić information content (AvgIpc) is 2.32. The highest BCUT2D eigenvalue weighted by atomic mass is 19.1. The van der Waals surface area contributed by atoms with Crippen molar-refractivity contribution >= 4 is 11.6 Å². The summed E-state index contributed by atoms with van der Waals surface area (Å²) >= 11 is 0. The van der Waals surface area contributed by atoms with Crippen LogP contribution in [-0.2, 0) is 0 Å². The average molecular weight is 248 g/mol. The number of hydrogen-bond acceptors (Lipinski definition) is 5. The molecule has 0 saturated carbocycles. The van der Waals surface area contributed by atoms with Crippen molar-refractivity contribution in [2.24, 2.45) is 5.73 Å². The number of amides is 1. The molecule has 0 fully saturated rings. The number of rotatable bonds is 3. The number of hydrogen-bond donors (Lipinski definition) is 2. The van der Waals surface area contributed by atoms with Gasteiger partial charge >= 0.3 is 0 Å². The van der Waals surface area contributed by atoms with Crippen LogP contribution < -0.4 is 16.2 Å². The Morgan fingerprint density at radius 2 is 2.17 bits per heavy atom. The first-order valence-corrected chi connectivity index (χ1v) is 4.90. The first kappa shape index (κ1) is 11.8. The van der Waals surface area contributed by atoms with Gasteiger partial charge in [0.05, 0.1) is 11.8 Å². The van der Waals surface area contributed by atoms with Crippen molar-refractivity contribution in [2.45, 2.75) is 0 Å². The van der Waals surface area contributed by atoms with Crippen molar-refractivity contribution in [3.63, 3.8) is 0 Å². The predicted molar refractivity (Wildman–Crippen MR) is 61.4 cm³/mol. The largest absolute Gasteiger partial charge is 0.437 e. The van der Waals surface area contributed by atoms with Gasteiger partial charge in [-0.2, -0.15) is 4.98 Å². The number of halogens is 1. The molecule has 92 valence electrons. The molecule has 0 aliphatic rings. The van der Waals surface area contributed by atoms with Crippen LogP contribution in [0.1, 0.15) is 10.4 Å². The predicted octanol–water partition coefficient (Wildman–Crippen LogP) is 1.09. The third kappa shape index (κ3) is 2.34. The van der Waals surface area contributed by atoms with E-state index < -0.39 is 11.7 Å². The normalized spacial score (nSPS) is 10.1. The molecule has 1 aromatic carbocycles. The molecule has 2 aromatic rings. The van der Waals surface area contributed by atoms with Crippen molar-refractivity contribution in [3.8, 4) is 11.6 Å². The molecule has 0 aliphatic heterocycles. The molecule has 6 nitrogen and oxygen atoms in total. The second-order valence-corrected chi connectivity index (χ2v) is 3.39. The van der Waals surface area contributed by atoms with Crippen LogP contribution in [0.3, 0.4) is 0 Å². The van der Waals surface area contributed by atoms with E-state index in [0.717, 1.165) is 6.07 Å². The lowest BCUT2D eigenvalue weighted by molar-refractivity contribution is 0.0996. The molecule has 0 atom stereocenters. The van der Waals surface area contributed by atoms with E-state index >= 15 is 0 Å². The Morgan fingerprint density at radius 3 is 2.78 bits per heavy atom. The first-order chi connectivity index (χ1) is 8.58. The van der Waals surface area contributed by atoms with Crippen LogP contribution in [-0.4, -0.2) is 15.9 Å². The van der Waals surface area contributed by atoms with Gasteiger partial charge in [-0.1, -0.05) is 0 Å². The molecule has 0 unspecified atom stereocenters. The number of nitrogen functional groups attached to an aromatic ring is 1. The van der Waals surface area contributed by atoms with E-state index in [1.807, 2.05) is 0 Å². The maximum Gasteiger partial charge on any atom is 0.251 e. The number of carbonyl (C=O) groups is 1. The first-order valence-electron chi connectivity index (χ1n) is 4.90. The van der Waals surface area contributed by atoms with Gasteiger partial charge in [0.25, 0.3) is 5.91 Å². The Labute approximate surface area is 101 Å². The number of benzene rings is 1. The fourth-order valence-electron chi connectivity index (χ4n) is 1.29. The van der Waals surface area contributed by atoms with Gasteiger partial charge in [-0.05, 0) is 12.1 Å². The number of nitrogens with two attached hydrogens (primary N) is 2. The maximum absolute atomic E-state index is 13.5. The third-order valence-electron chi connectivity index (χ3n) is 2.12. The van der Waals surface area contributed by atoms with Gasteiger partial charge in [0, 0.05) is 6.07 Å². The molecule has 0 bridgehead atoms. The minimum absolute atomic E-state index is 0.108. The summed E-state index contributed by atoms with van der Waals surface area (Å²) in [6.45, 7) is 0. The van der Waals surface area contributed by atoms with Crippen LogP contribution >= 0.6 is 0 Å². The summed E-state index contributed by atoms with van der Waals surface area (Å²) in [5, 5.41) is 0. The molecule has 0 aliphatic carbocycles. The van der Waals surface area contributed by atoms with E-state index in [0.29, 0.717) is 0 Å². The monoisotopic (exact) mass is 248 g/mol. The summed E-state index contributed by atoms with van der Waals surface area (Å²) in [4.78, 5) is 18.3. The fraction of sp³-hybridized carbons (Fsp3) is 0. The van der Waals surface area contributed by atoms with Gasteiger partial charge in [0.15, 0.2) is 0 Å². The Hall–Kier alpha value is -2.70. The molecule has 1 aromatic heterocycles. The molecule has 7 heteroatoms. The smallest absolute Gasteiger partial charge is 0.251 e. The molecule has 1 heterocycles. The summed E-state index contributed by atoms with van der Waals surface area (Å²) in [6, 6.07) is 3.65. The Morgan fingerprint density at radius 1 is 1.39 bits per heavy atom. The highest BCUT2D eigenvalue weighted by molar-refractivity contribution is 5.93. The van der Waals surface area contributed by atoms with Crippen LogP contribution in [0.25, 0.3) is 0 Å². The quantitative estimate of drug-likeness (QED) is 0.845. The molecule has 0 radical (unpaired) electrons. The van der Waals surface area contributed by atoms with Gasteiger partial charge in [-0.3, -0.25) is 4.79 Å². The second-order valence-electron chi connectivity index (χ2n) is 3.39. The van der Waals surface area contributed by atoms with Gasteiger partial charge in [-0.15, -0.1) is 0 Å². The fourth-order valence-corrected chi connectivity index (χ4v) is 1.29. The van der Waals surface area contributed by atoms with Crippen molar-refractivity contribution in [3.05, 3.63) is 42.1 Å². The number of primary amides is 1. The van der Waals surface area contributed by atoms with Crippen LogP contribution in [0.4, 0.5) is 10.1 Å². The van der Waals surface area contributed by atoms with Crippen LogP contribution in [0.2, 0.25) is 0 Å². The molecular formula is C11H9FN4O2. The summed E-state index contributed by atoms with van der Waals surface area (Å²) in [6.07, 6.45) is 2.61. The Kier molecular flexibility index (Phi) is 3.05. The number of carbonyl (C=O) groups excluding carboxylic acids is 1. The molecule has 2 rings (SSSR count). The number of anilines is 1. The van der Waals surface area contributed by atoms with E-state index in [1.165, 1.54) is 24.7 Å². The Bertz CT molecular complexity index is 603. The highest BCUT2D eigenvalue weighted by Gasteiger charge is 2.10. The number of aromatic nitrogens is 2. The number of nitrogens with zero attached hydrogens (tertiary/aromatic N) is 2. The van der Waals surface area contributed by atoms with Gasteiger partial charge in [0.2, 0.25) is 5.88 Å². The van der Waals surface area contributed by atoms with E-state index in [9.17, 15) is 9.18 Å². The van der Waals surface area contributed by atoms with Crippen molar-refractivity contribution in [1.82, 2.24) is 9.97 Å². The van der Waals surface area contributed by atoms with Crippen molar-refractivity contribution < 1.29 is 13.9 Å². The lowest BCUT2D eigenvalue weighted by atomic mass is 10.2. The van der Waals surface area contributed by atoms with Crippen molar-refractivity contribution in [1.29, 1.82) is 0 Å².